The first-order valence-corrected chi connectivity index (χ1v) is 9.76. The van der Waals surface area contributed by atoms with Gasteiger partial charge in [0.05, 0.1) is 6.61 Å². The van der Waals surface area contributed by atoms with E-state index in [1.165, 1.54) is 4.90 Å². The summed E-state index contributed by atoms with van der Waals surface area (Å²) in [4.78, 5) is 39.2. The minimum Gasteiger partial charge on any atom is -0.444 e. The summed E-state index contributed by atoms with van der Waals surface area (Å²) in [6, 6.07) is -2.29. The molecule has 9 heteroatoms. The number of nitrogens with zero attached hydrogens (tertiary/aromatic N) is 1. The van der Waals surface area contributed by atoms with Crippen LogP contribution in [-0.4, -0.2) is 71.3 Å². The molecule has 0 saturated heterocycles. The quantitative estimate of drug-likeness (QED) is 0.395. The summed E-state index contributed by atoms with van der Waals surface area (Å²) in [7, 11) is 0. The molecule has 0 bridgehead atoms. The number of aliphatic hydroxyl groups excluding tert-OH is 1. The zero-order chi connectivity index (χ0) is 22.1. The fourth-order valence-electron chi connectivity index (χ4n) is 2.70. The third-order valence-electron chi connectivity index (χ3n) is 3.86. The van der Waals surface area contributed by atoms with Crippen LogP contribution in [0.15, 0.2) is 0 Å². The van der Waals surface area contributed by atoms with Crippen molar-refractivity contribution in [2.75, 3.05) is 19.7 Å². The minimum absolute atomic E-state index is 0.176. The number of carbonyl (C=O) groups is 3. The van der Waals surface area contributed by atoms with Crippen LogP contribution in [0.5, 0.6) is 0 Å². The van der Waals surface area contributed by atoms with Crippen molar-refractivity contribution in [3.05, 3.63) is 0 Å². The van der Waals surface area contributed by atoms with Crippen LogP contribution in [0.4, 0.5) is 4.79 Å². The van der Waals surface area contributed by atoms with Gasteiger partial charge in [0, 0.05) is 12.6 Å². The molecule has 164 valence electrons. The molecular formula is C19H38N4O5. The average molecular weight is 403 g/mol. The highest BCUT2D eigenvalue weighted by molar-refractivity contribution is 5.91. The van der Waals surface area contributed by atoms with Crippen molar-refractivity contribution >= 4 is 17.9 Å². The number of carbonyl (C=O) groups excluding carboxylic acids is 3. The number of ether oxygens (including phenoxy) is 1. The molecule has 0 aromatic rings. The van der Waals surface area contributed by atoms with Gasteiger partial charge < -0.3 is 31.1 Å². The molecule has 0 heterocycles. The van der Waals surface area contributed by atoms with Gasteiger partial charge in [0.25, 0.3) is 0 Å². The van der Waals surface area contributed by atoms with Gasteiger partial charge in [-0.15, -0.1) is 0 Å². The van der Waals surface area contributed by atoms with Crippen LogP contribution in [0.3, 0.4) is 0 Å². The van der Waals surface area contributed by atoms with E-state index in [0.29, 0.717) is 19.5 Å². The lowest BCUT2D eigenvalue weighted by atomic mass is 9.98. The van der Waals surface area contributed by atoms with Gasteiger partial charge in [0.1, 0.15) is 17.7 Å². The monoisotopic (exact) mass is 402 g/mol. The zero-order valence-corrected chi connectivity index (χ0v) is 18.2. The number of nitrogens with two attached hydrogens (primary N) is 1. The summed E-state index contributed by atoms with van der Waals surface area (Å²) >= 11 is 0. The van der Waals surface area contributed by atoms with Gasteiger partial charge in [0.15, 0.2) is 0 Å². The second-order valence-electron chi connectivity index (χ2n) is 8.34. The number of alkyl carbamates (subject to hydrolysis) is 1. The molecule has 2 atom stereocenters. The van der Waals surface area contributed by atoms with E-state index < -0.39 is 36.3 Å². The van der Waals surface area contributed by atoms with Crippen LogP contribution < -0.4 is 16.4 Å². The van der Waals surface area contributed by atoms with Crippen molar-refractivity contribution in [1.29, 1.82) is 0 Å². The Bertz CT molecular complexity index is 517. The average Bonchev–Trinajstić information content (AvgIpc) is 2.54. The van der Waals surface area contributed by atoms with Crippen molar-refractivity contribution in [2.24, 2.45) is 11.7 Å². The standard InChI is InChI=1S/C19H38N4O5/c1-12(2)15(16(25)21-10-8-9-20)23(13(3)4)17(26)14(11-24)22-18(27)28-19(5,6)7/h12-15,24H,8-11,20H2,1-7H3,(H,21,25)(H,22,27). The fourth-order valence-corrected chi connectivity index (χ4v) is 2.70. The molecule has 0 aliphatic heterocycles. The van der Waals surface area contributed by atoms with Crippen LogP contribution in [-0.2, 0) is 14.3 Å². The highest BCUT2D eigenvalue weighted by Gasteiger charge is 2.38. The molecule has 5 N–H and O–H groups in total. The summed E-state index contributed by atoms with van der Waals surface area (Å²) in [5.74, 6) is -1.01. The molecule has 0 spiro atoms. The number of hydrogen-bond donors (Lipinski definition) is 4. The maximum Gasteiger partial charge on any atom is 0.408 e. The first kappa shape index (κ1) is 26.1. The van der Waals surface area contributed by atoms with E-state index in [1.54, 1.807) is 34.6 Å². The van der Waals surface area contributed by atoms with Crippen molar-refractivity contribution in [3.63, 3.8) is 0 Å². The van der Waals surface area contributed by atoms with E-state index in [4.69, 9.17) is 10.5 Å². The van der Waals surface area contributed by atoms with Gasteiger partial charge in [-0.25, -0.2) is 4.79 Å². The molecule has 3 amide bonds. The lowest BCUT2D eigenvalue weighted by molar-refractivity contribution is -0.146. The Morgan fingerprint density at radius 1 is 1.14 bits per heavy atom. The Morgan fingerprint density at radius 2 is 1.71 bits per heavy atom. The van der Waals surface area contributed by atoms with Gasteiger partial charge in [-0.2, -0.15) is 0 Å². The fraction of sp³-hybridized carbons (Fsp3) is 0.842. The lowest BCUT2D eigenvalue weighted by Crippen LogP contribution is -2.60. The molecule has 0 rings (SSSR count). The number of nitrogens with one attached hydrogen (secondary N) is 2. The van der Waals surface area contributed by atoms with Gasteiger partial charge in [-0.3, -0.25) is 9.59 Å². The molecule has 0 aliphatic rings. The van der Waals surface area contributed by atoms with Crippen LogP contribution in [0.1, 0.15) is 54.9 Å². The molecule has 0 saturated carbocycles. The van der Waals surface area contributed by atoms with Crippen molar-refractivity contribution in [3.8, 4) is 0 Å². The van der Waals surface area contributed by atoms with Crippen molar-refractivity contribution < 1.29 is 24.2 Å². The largest absolute Gasteiger partial charge is 0.444 e. The van der Waals surface area contributed by atoms with Crippen LogP contribution in [0, 0.1) is 5.92 Å². The SMILES string of the molecule is CC(C)C(C(=O)NCCCN)N(C(=O)C(CO)NC(=O)OC(C)(C)C)C(C)C. The molecular weight excluding hydrogens is 364 g/mol. The van der Waals surface area contributed by atoms with Gasteiger partial charge in [-0.1, -0.05) is 13.8 Å². The highest BCUT2D eigenvalue weighted by atomic mass is 16.6. The van der Waals surface area contributed by atoms with Crippen LogP contribution in [0.2, 0.25) is 0 Å². The summed E-state index contributed by atoms with van der Waals surface area (Å²) in [6.07, 6.45) is -0.178. The Kier molecular flexibility index (Phi) is 11.1. The second kappa shape index (κ2) is 11.9. The number of rotatable bonds is 10. The van der Waals surface area contributed by atoms with E-state index in [0.717, 1.165) is 0 Å². The van der Waals surface area contributed by atoms with Gasteiger partial charge >= 0.3 is 6.09 Å². The maximum atomic E-state index is 13.1. The normalized spacial score (nSPS) is 13.8. The molecule has 28 heavy (non-hydrogen) atoms. The molecule has 0 radical (unpaired) electrons. The van der Waals surface area contributed by atoms with Crippen LogP contribution >= 0.6 is 0 Å². The van der Waals surface area contributed by atoms with E-state index in [1.807, 2.05) is 13.8 Å². The summed E-state index contributed by atoms with van der Waals surface area (Å²) in [5.41, 5.74) is 4.72. The zero-order valence-electron chi connectivity index (χ0n) is 18.2. The van der Waals surface area contributed by atoms with E-state index >= 15 is 0 Å². The van der Waals surface area contributed by atoms with Crippen molar-refractivity contribution in [1.82, 2.24) is 15.5 Å². The summed E-state index contributed by atoms with van der Waals surface area (Å²) < 4.78 is 5.16. The predicted molar refractivity (Wildman–Crippen MR) is 108 cm³/mol. The minimum atomic E-state index is -1.21. The number of aliphatic hydroxyl groups is 1. The molecule has 2 unspecified atom stereocenters. The van der Waals surface area contributed by atoms with Gasteiger partial charge in [-0.05, 0) is 53.5 Å². The molecule has 0 aliphatic carbocycles. The van der Waals surface area contributed by atoms with Crippen LogP contribution in [0.25, 0.3) is 0 Å². The Morgan fingerprint density at radius 3 is 2.11 bits per heavy atom. The first-order valence-electron chi connectivity index (χ1n) is 9.76. The number of hydrogen-bond acceptors (Lipinski definition) is 6. The lowest BCUT2D eigenvalue weighted by Gasteiger charge is -2.38. The summed E-state index contributed by atoms with van der Waals surface area (Å²) in [6.45, 7) is 12.6. The highest BCUT2D eigenvalue weighted by Crippen LogP contribution is 2.17. The summed E-state index contributed by atoms with van der Waals surface area (Å²) in [5, 5.41) is 14.9. The van der Waals surface area contributed by atoms with E-state index in [-0.39, 0.29) is 17.9 Å². The number of amides is 3. The molecule has 0 aromatic carbocycles. The Labute approximate surface area is 168 Å². The predicted octanol–water partition coefficient (Wildman–Crippen LogP) is 0.599. The van der Waals surface area contributed by atoms with Crippen molar-refractivity contribution in [2.45, 2.75) is 78.6 Å². The third-order valence-corrected chi connectivity index (χ3v) is 3.86. The van der Waals surface area contributed by atoms with E-state index in [9.17, 15) is 19.5 Å². The second-order valence-corrected chi connectivity index (χ2v) is 8.34. The molecule has 9 nitrogen and oxygen atoms in total. The Balaban J connectivity index is 5.48. The maximum absolute atomic E-state index is 13.1. The topological polar surface area (TPSA) is 134 Å². The van der Waals surface area contributed by atoms with E-state index in [2.05, 4.69) is 10.6 Å². The first-order chi connectivity index (χ1) is 12.9. The third kappa shape index (κ3) is 8.88. The smallest absolute Gasteiger partial charge is 0.408 e. The molecule has 0 fully saturated rings. The Hall–Kier alpha value is -1.87. The molecule has 0 aromatic heterocycles. The van der Waals surface area contributed by atoms with Gasteiger partial charge in [0.2, 0.25) is 11.8 Å².